The van der Waals surface area contributed by atoms with E-state index in [9.17, 15) is 14.4 Å². The van der Waals surface area contributed by atoms with Crippen molar-refractivity contribution in [1.82, 2.24) is 9.47 Å². The summed E-state index contributed by atoms with van der Waals surface area (Å²) in [6.45, 7) is 3.41. The van der Waals surface area contributed by atoms with E-state index in [1.807, 2.05) is 18.5 Å². The molecular formula is C18H22N2O4S. The minimum atomic E-state index is -0.915. The number of aromatic nitrogens is 1. The van der Waals surface area contributed by atoms with Crippen molar-refractivity contribution in [3.8, 4) is 0 Å². The molecule has 6 nitrogen and oxygen atoms in total. The van der Waals surface area contributed by atoms with Gasteiger partial charge in [-0.2, -0.15) is 0 Å². The van der Waals surface area contributed by atoms with Crippen molar-refractivity contribution in [2.45, 2.75) is 51.6 Å². The van der Waals surface area contributed by atoms with Crippen LogP contribution in [0.25, 0.3) is 6.08 Å². The van der Waals surface area contributed by atoms with Crippen molar-refractivity contribution in [3.05, 3.63) is 28.9 Å². The number of nitrogens with zero attached hydrogens (tertiary/aromatic N) is 2. The van der Waals surface area contributed by atoms with Crippen LogP contribution >= 0.6 is 11.8 Å². The van der Waals surface area contributed by atoms with Crippen LogP contribution in [0.4, 0.5) is 4.79 Å². The van der Waals surface area contributed by atoms with Gasteiger partial charge in [-0.1, -0.05) is 12.8 Å². The molecule has 1 unspecified atom stereocenters. The number of rotatable bonds is 5. The predicted molar refractivity (Wildman–Crippen MR) is 95.8 cm³/mol. The summed E-state index contributed by atoms with van der Waals surface area (Å²) in [7, 11) is 0. The summed E-state index contributed by atoms with van der Waals surface area (Å²) in [5.41, 5.74) is 0.890. The fourth-order valence-electron chi connectivity index (χ4n) is 3.28. The number of carbonyl (C=O) groups excluding carboxylic acids is 3. The monoisotopic (exact) mass is 362 g/mol. The van der Waals surface area contributed by atoms with E-state index in [2.05, 4.69) is 4.57 Å². The Labute approximate surface area is 151 Å². The van der Waals surface area contributed by atoms with Crippen molar-refractivity contribution in [2.24, 2.45) is 0 Å². The topological polar surface area (TPSA) is 68.6 Å². The Balaban J connectivity index is 1.75. The first-order valence-corrected chi connectivity index (χ1v) is 9.44. The van der Waals surface area contributed by atoms with Crippen molar-refractivity contribution in [2.75, 3.05) is 6.61 Å². The van der Waals surface area contributed by atoms with Crippen molar-refractivity contribution < 1.29 is 19.1 Å². The van der Waals surface area contributed by atoms with E-state index >= 15 is 0 Å². The number of hydrogen-bond donors (Lipinski definition) is 0. The van der Waals surface area contributed by atoms with Gasteiger partial charge < -0.3 is 9.30 Å². The highest BCUT2D eigenvalue weighted by atomic mass is 32.2. The smallest absolute Gasteiger partial charge is 0.329 e. The van der Waals surface area contributed by atoms with Crippen molar-refractivity contribution >= 4 is 35.0 Å². The molecule has 1 aliphatic heterocycles. The molecule has 1 saturated carbocycles. The van der Waals surface area contributed by atoms with E-state index in [-0.39, 0.29) is 6.61 Å². The van der Waals surface area contributed by atoms with Gasteiger partial charge in [-0.15, -0.1) is 0 Å². The standard InChI is InChI=1S/C18H22N2O4S/c1-3-24-17(22)12(2)20-16(21)15(25-18(20)23)10-13-8-9-19(11-13)14-6-4-5-7-14/h8-12,14H,3-7H2,1-2H3/b15-10-. The van der Waals surface area contributed by atoms with E-state index in [4.69, 9.17) is 4.74 Å². The minimum absolute atomic E-state index is 0.212. The Morgan fingerprint density at radius 2 is 2.12 bits per heavy atom. The quantitative estimate of drug-likeness (QED) is 0.591. The first kappa shape index (κ1) is 17.8. The molecule has 0 bridgehead atoms. The van der Waals surface area contributed by atoms with E-state index in [0.717, 1.165) is 22.2 Å². The van der Waals surface area contributed by atoms with Gasteiger partial charge >= 0.3 is 5.97 Å². The van der Waals surface area contributed by atoms with Crippen LogP contribution in [0.2, 0.25) is 0 Å². The summed E-state index contributed by atoms with van der Waals surface area (Å²) in [6.07, 6.45) is 10.6. The van der Waals surface area contributed by atoms with Gasteiger partial charge in [-0.05, 0) is 56.2 Å². The molecule has 1 aromatic rings. The normalized spacial score (nSPS) is 21.4. The Hall–Kier alpha value is -2.02. The maximum absolute atomic E-state index is 12.5. The molecule has 2 aliphatic rings. The summed E-state index contributed by atoms with van der Waals surface area (Å²) in [6, 6.07) is 1.56. The molecule has 0 spiro atoms. The zero-order valence-electron chi connectivity index (χ0n) is 14.4. The predicted octanol–water partition coefficient (Wildman–Crippen LogP) is 3.59. The molecule has 0 N–H and O–H groups in total. The third kappa shape index (κ3) is 3.66. The van der Waals surface area contributed by atoms with Gasteiger partial charge in [0.2, 0.25) is 0 Å². The summed E-state index contributed by atoms with van der Waals surface area (Å²) in [5, 5.41) is -0.438. The number of hydrogen-bond acceptors (Lipinski definition) is 5. The Kier molecular flexibility index (Phi) is 5.32. The van der Waals surface area contributed by atoms with E-state index < -0.39 is 23.2 Å². The Morgan fingerprint density at radius 1 is 1.40 bits per heavy atom. The highest BCUT2D eigenvalue weighted by molar-refractivity contribution is 8.18. The van der Waals surface area contributed by atoms with E-state index in [0.29, 0.717) is 10.9 Å². The number of carbonyl (C=O) groups is 3. The van der Waals surface area contributed by atoms with Crippen molar-refractivity contribution in [3.63, 3.8) is 0 Å². The summed E-state index contributed by atoms with van der Waals surface area (Å²) >= 11 is 0.863. The summed E-state index contributed by atoms with van der Waals surface area (Å²) in [4.78, 5) is 37.8. The van der Waals surface area contributed by atoms with Gasteiger partial charge in [0, 0.05) is 18.4 Å². The highest BCUT2D eigenvalue weighted by Crippen LogP contribution is 2.35. The summed E-state index contributed by atoms with van der Waals surface area (Å²) < 4.78 is 7.09. The molecule has 2 heterocycles. The van der Waals surface area contributed by atoms with Crippen molar-refractivity contribution in [1.29, 1.82) is 0 Å². The third-order valence-electron chi connectivity index (χ3n) is 4.62. The Morgan fingerprint density at radius 3 is 2.80 bits per heavy atom. The molecule has 2 fully saturated rings. The minimum Gasteiger partial charge on any atom is -0.464 e. The van der Waals surface area contributed by atoms with Crippen LogP contribution in [-0.2, 0) is 14.3 Å². The molecule has 25 heavy (non-hydrogen) atoms. The maximum Gasteiger partial charge on any atom is 0.329 e. The molecule has 0 aromatic carbocycles. The average molecular weight is 362 g/mol. The molecule has 2 amide bonds. The molecular weight excluding hydrogens is 340 g/mol. The van der Waals surface area contributed by atoms with Crippen LogP contribution in [0.3, 0.4) is 0 Å². The third-order valence-corrected chi connectivity index (χ3v) is 5.50. The molecule has 134 valence electrons. The first-order valence-electron chi connectivity index (χ1n) is 8.62. The van der Waals surface area contributed by atoms with Gasteiger partial charge in [0.25, 0.3) is 11.1 Å². The van der Waals surface area contributed by atoms with Gasteiger partial charge in [0.15, 0.2) is 0 Å². The Bertz CT molecular complexity index is 718. The fourth-order valence-corrected chi connectivity index (χ4v) is 4.19. The SMILES string of the molecule is CCOC(=O)C(C)N1C(=O)S/C(=C\c2ccn(C3CCCC3)c2)C1=O. The summed E-state index contributed by atoms with van der Waals surface area (Å²) in [5.74, 6) is -1.01. The number of thioether (sulfide) groups is 1. The molecule has 1 aromatic heterocycles. The highest BCUT2D eigenvalue weighted by Gasteiger charge is 2.41. The number of amides is 2. The molecule has 7 heteroatoms. The van der Waals surface area contributed by atoms with Crippen LogP contribution in [-0.4, -0.2) is 39.2 Å². The van der Waals surface area contributed by atoms with Gasteiger partial charge in [0.1, 0.15) is 6.04 Å². The van der Waals surface area contributed by atoms with E-state index in [1.54, 1.807) is 13.0 Å². The number of esters is 1. The van der Waals surface area contributed by atoms with Gasteiger partial charge in [-0.25, -0.2) is 4.79 Å². The molecule has 3 rings (SSSR count). The molecule has 0 radical (unpaired) electrons. The van der Waals surface area contributed by atoms with Gasteiger partial charge in [-0.3, -0.25) is 14.5 Å². The number of ether oxygens (including phenoxy) is 1. The molecule has 1 aliphatic carbocycles. The zero-order valence-corrected chi connectivity index (χ0v) is 15.3. The molecule has 1 atom stereocenters. The fraction of sp³-hybridized carbons (Fsp3) is 0.500. The van der Waals surface area contributed by atoms with Crippen LogP contribution in [0, 0.1) is 0 Å². The first-order chi connectivity index (χ1) is 12.0. The zero-order chi connectivity index (χ0) is 18.0. The van der Waals surface area contributed by atoms with Crippen LogP contribution < -0.4 is 0 Å². The number of imide groups is 1. The van der Waals surface area contributed by atoms with Crippen LogP contribution in [0.5, 0.6) is 0 Å². The lowest BCUT2D eigenvalue weighted by atomic mass is 10.2. The van der Waals surface area contributed by atoms with Crippen LogP contribution in [0.15, 0.2) is 23.4 Å². The second kappa shape index (κ2) is 7.47. The lowest BCUT2D eigenvalue weighted by Gasteiger charge is -2.19. The van der Waals surface area contributed by atoms with E-state index in [1.165, 1.54) is 32.6 Å². The second-order valence-electron chi connectivity index (χ2n) is 6.31. The largest absolute Gasteiger partial charge is 0.464 e. The lowest BCUT2D eigenvalue weighted by Crippen LogP contribution is -2.42. The maximum atomic E-state index is 12.5. The average Bonchev–Trinajstić information content (AvgIpc) is 3.29. The van der Waals surface area contributed by atoms with Crippen LogP contribution in [0.1, 0.15) is 51.1 Å². The van der Waals surface area contributed by atoms with Gasteiger partial charge in [0.05, 0.1) is 11.5 Å². The lowest BCUT2D eigenvalue weighted by molar-refractivity contribution is -0.150. The second-order valence-corrected chi connectivity index (χ2v) is 7.30. The molecule has 1 saturated heterocycles.